The molecule has 0 aliphatic carbocycles. The van der Waals surface area contributed by atoms with Crippen LogP contribution in [-0.4, -0.2) is 33.2 Å². The third-order valence-electron chi connectivity index (χ3n) is 7.73. The maximum atomic E-state index is 5.66. The Morgan fingerprint density at radius 2 is 1.13 bits per heavy atom. The van der Waals surface area contributed by atoms with E-state index < -0.39 is 0 Å². The van der Waals surface area contributed by atoms with Gasteiger partial charge in [0.05, 0.1) is 0 Å². The predicted octanol–water partition coefficient (Wildman–Crippen LogP) is 12.1. The van der Waals surface area contributed by atoms with Gasteiger partial charge in [0.25, 0.3) is 0 Å². The van der Waals surface area contributed by atoms with E-state index >= 15 is 0 Å². The molecule has 47 heavy (non-hydrogen) atoms. The van der Waals surface area contributed by atoms with Crippen LogP contribution in [0.25, 0.3) is 48.8 Å². The summed E-state index contributed by atoms with van der Waals surface area (Å²) in [6, 6.07) is 43.7. The molecule has 0 bridgehead atoms. The van der Waals surface area contributed by atoms with Gasteiger partial charge in [0.15, 0.2) is 0 Å². The summed E-state index contributed by atoms with van der Waals surface area (Å²) >= 11 is 0. The number of para-hydroxylation sites is 1. The van der Waals surface area contributed by atoms with Gasteiger partial charge in [-0.1, -0.05) is 124 Å². The molecule has 242 valence electrons. The van der Waals surface area contributed by atoms with Crippen molar-refractivity contribution in [3.8, 4) is 11.3 Å². The molecule has 1 unspecified atom stereocenters. The summed E-state index contributed by atoms with van der Waals surface area (Å²) in [6.45, 7) is 9.01. The average Bonchev–Trinajstić information content (AvgIpc) is 3.08. The van der Waals surface area contributed by atoms with Crippen molar-refractivity contribution in [2.24, 2.45) is 0 Å². The second-order valence-corrected chi connectivity index (χ2v) is 12.0. The first-order chi connectivity index (χ1) is 22.3. The fraction of sp³-hybridized carbons (Fsp3) is 0.262. The maximum Gasteiger partial charge on any atom is 0.0196 e. The molecule has 0 saturated heterocycles. The van der Waals surface area contributed by atoms with E-state index in [4.69, 9.17) is 10.3 Å². The summed E-state index contributed by atoms with van der Waals surface area (Å²) in [4.78, 5) is 5.23. The second kappa shape index (κ2) is 18.6. The Labute approximate surface area is 301 Å². The van der Waals surface area contributed by atoms with Crippen LogP contribution in [0.3, 0.4) is 0 Å². The number of hydrogen-bond acceptors (Lipinski definition) is 1. The number of nitrogens with zero attached hydrogens (tertiary/aromatic N) is 4. The topological polar surface area (TPSA) is 55.2 Å². The summed E-state index contributed by atoms with van der Waals surface area (Å²) in [7, 11) is 7.00. The Kier molecular flexibility index (Phi) is 15.0. The molecule has 1 heterocycles. The third-order valence-corrected chi connectivity index (χ3v) is 7.73. The average molecular weight is 785 g/mol. The number of fused-ring (bicyclic) bond motifs is 3. The Morgan fingerprint density at radius 3 is 1.72 bits per heavy atom. The van der Waals surface area contributed by atoms with Crippen LogP contribution < -0.4 is 0 Å². The molecule has 5 heteroatoms. The van der Waals surface area contributed by atoms with Crippen molar-refractivity contribution in [3.05, 3.63) is 160 Å². The van der Waals surface area contributed by atoms with Crippen molar-refractivity contribution in [1.82, 2.24) is 4.98 Å². The van der Waals surface area contributed by atoms with Gasteiger partial charge in [0, 0.05) is 31.5 Å². The zero-order valence-corrected chi connectivity index (χ0v) is 32.6. The summed E-state index contributed by atoms with van der Waals surface area (Å²) < 4.78 is 0. The minimum absolute atomic E-state index is 0. The minimum atomic E-state index is -0.282. The Bertz CT molecular complexity index is 1800. The summed E-state index contributed by atoms with van der Waals surface area (Å²) in [5, 5.41) is 17.6. The van der Waals surface area contributed by atoms with Crippen LogP contribution in [0.15, 0.2) is 115 Å². The predicted molar refractivity (Wildman–Crippen MR) is 200 cm³/mol. The first-order valence-electron chi connectivity index (χ1n) is 16.0. The molecule has 6 aromatic rings. The standard InChI is InChI=1S/C38H34N2.2C2H6N.Hf/c1-25(2)29-20-12-21-30(26(3)4)37(29)40-38(36-23-13-22-35(39-36)27-14-6-5-7-15-27)34-24-28-16-8-9-17-31(28)32-18-10-11-19-33(32)34;2*1-3-2;/h5-14,16-26,38H,1-4H3;2*1-2H3;/q-2;2*-1;. The van der Waals surface area contributed by atoms with Gasteiger partial charge in [0.2, 0.25) is 0 Å². The van der Waals surface area contributed by atoms with Crippen molar-refractivity contribution < 1.29 is 25.8 Å². The van der Waals surface area contributed by atoms with Gasteiger partial charge in [-0.3, -0.25) is 0 Å². The zero-order chi connectivity index (χ0) is 33.1. The van der Waals surface area contributed by atoms with Crippen molar-refractivity contribution >= 4 is 27.2 Å². The van der Waals surface area contributed by atoms with Crippen LogP contribution in [-0.2, 0) is 25.8 Å². The van der Waals surface area contributed by atoms with E-state index in [1.54, 1.807) is 28.2 Å². The van der Waals surface area contributed by atoms with Gasteiger partial charge in [0.1, 0.15) is 0 Å². The first-order valence-corrected chi connectivity index (χ1v) is 16.0. The first kappa shape index (κ1) is 37.8. The Hall–Kier alpha value is -3.64. The largest absolute Gasteiger partial charge is 0.673 e. The molecular weight excluding hydrogens is 739 g/mol. The summed E-state index contributed by atoms with van der Waals surface area (Å²) in [5.41, 5.74) is 7.63. The fourth-order valence-electron chi connectivity index (χ4n) is 5.70. The van der Waals surface area contributed by atoms with Crippen molar-refractivity contribution in [2.75, 3.05) is 28.2 Å². The molecule has 4 nitrogen and oxygen atoms in total. The van der Waals surface area contributed by atoms with E-state index in [1.807, 2.05) is 18.2 Å². The van der Waals surface area contributed by atoms with Gasteiger partial charge in [-0.25, -0.2) is 0 Å². The summed E-state index contributed by atoms with van der Waals surface area (Å²) in [6.07, 6.45) is 0. The van der Waals surface area contributed by atoms with Crippen LogP contribution in [0.1, 0.15) is 68.0 Å². The molecule has 0 fully saturated rings. The van der Waals surface area contributed by atoms with Gasteiger partial charge < -0.3 is 20.9 Å². The molecule has 1 atom stereocenters. The van der Waals surface area contributed by atoms with E-state index in [0.29, 0.717) is 11.8 Å². The quantitative estimate of drug-likeness (QED) is 0.0903. The van der Waals surface area contributed by atoms with Crippen molar-refractivity contribution in [2.45, 2.75) is 45.6 Å². The van der Waals surface area contributed by atoms with Crippen molar-refractivity contribution in [3.63, 3.8) is 0 Å². The van der Waals surface area contributed by atoms with E-state index in [1.165, 1.54) is 38.2 Å². The Balaban J connectivity index is 0.000000799. The zero-order valence-electron chi connectivity index (χ0n) is 29.0. The van der Waals surface area contributed by atoms with Gasteiger partial charge in [-0.2, -0.15) is 28.2 Å². The normalized spacial score (nSPS) is 11.3. The van der Waals surface area contributed by atoms with Gasteiger partial charge in [-0.05, 0) is 56.7 Å². The van der Waals surface area contributed by atoms with E-state index in [2.05, 4.69) is 141 Å². The van der Waals surface area contributed by atoms with E-state index in [-0.39, 0.29) is 31.9 Å². The third kappa shape index (κ3) is 9.25. The second-order valence-electron chi connectivity index (χ2n) is 12.0. The molecule has 1 aromatic heterocycles. The van der Waals surface area contributed by atoms with Crippen LogP contribution in [0.4, 0.5) is 5.69 Å². The SMILES string of the molecule is CC(C)c1cccc(C(C)C)c1[N-]C(c1cccc(-c2[c-]cccc2)n1)c1cc2ccccc2c2ccccc12.C[N-]C.C[N-]C.[Hf]. The molecule has 6 rings (SSSR count). The maximum absolute atomic E-state index is 5.66. The smallest absolute Gasteiger partial charge is 0.0196 e. The number of hydrogen-bond donors (Lipinski definition) is 0. The van der Waals surface area contributed by atoms with Crippen molar-refractivity contribution in [1.29, 1.82) is 0 Å². The molecule has 5 aromatic carbocycles. The molecule has 0 aliphatic heterocycles. The molecule has 0 radical (unpaired) electrons. The molecule has 0 aliphatic rings. The monoisotopic (exact) mass is 786 g/mol. The number of rotatable bonds is 7. The van der Waals surface area contributed by atoms with Crippen LogP contribution in [0, 0.1) is 6.07 Å². The summed E-state index contributed by atoms with van der Waals surface area (Å²) in [5.74, 6) is 0.703. The Morgan fingerprint density at radius 1 is 0.574 bits per heavy atom. The van der Waals surface area contributed by atoms with Crippen LogP contribution in [0.5, 0.6) is 0 Å². The van der Waals surface area contributed by atoms with E-state index in [9.17, 15) is 0 Å². The van der Waals surface area contributed by atoms with E-state index in [0.717, 1.165) is 22.6 Å². The molecule has 0 spiro atoms. The van der Waals surface area contributed by atoms with Gasteiger partial charge in [-0.15, -0.1) is 41.6 Å². The number of pyridine rings is 1. The van der Waals surface area contributed by atoms with Gasteiger partial charge >= 0.3 is 0 Å². The van der Waals surface area contributed by atoms with Crippen LogP contribution in [0.2, 0.25) is 0 Å². The van der Waals surface area contributed by atoms with Crippen LogP contribution >= 0.6 is 0 Å². The minimum Gasteiger partial charge on any atom is -0.673 e. The molecule has 0 N–H and O–H groups in total. The molecule has 0 saturated carbocycles. The fourth-order valence-corrected chi connectivity index (χ4v) is 5.70. The number of aromatic nitrogens is 1. The number of benzene rings is 5. The molecule has 0 amide bonds. The molecular formula is C42H46HfN4-4.